The van der Waals surface area contributed by atoms with Crippen LogP contribution in [0.25, 0.3) is 87.0 Å². The third kappa shape index (κ3) is 5.39. The molecule has 0 fully saturated rings. The van der Waals surface area contributed by atoms with Crippen LogP contribution in [0.3, 0.4) is 0 Å². The molecule has 0 atom stereocenters. The molecule has 0 aliphatic rings. The average molecular weight is 699 g/mol. The Morgan fingerprint density at radius 2 is 0.906 bits per heavy atom. The number of rotatable bonds is 5. The molecule has 254 valence electrons. The fraction of sp³-hybridized carbons (Fsp3) is 0.0800. The van der Waals surface area contributed by atoms with Crippen molar-refractivity contribution in [1.29, 1.82) is 0 Å². The van der Waals surface area contributed by atoms with E-state index in [2.05, 4.69) is 206 Å². The number of fused-ring (bicyclic) bond motifs is 5. The van der Waals surface area contributed by atoms with Crippen LogP contribution in [0.1, 0.15) is 26.3 Å². The van der Waals surface area contributed by atoms with Crippen molar-refractivity contribution in [3.05, 3.63) is 181 Å². The third-order valence-corrected chi connectivity index (χ3v) is 11.8. The van der Waals surface area contributed by atoms with Gasteiger partial charge in [-0.15, -0.1) is 11.3 Å². The first-order valence-corrected chi connectivity index (χ1v) is 19.2. The summed E-state index contributed by atoms with van der Waals surface area (Å²) in [5.74, 6) is 0. The lowest BCUT2D eigenvalue weighted by molar-refractivity contribution is 0.590. The van der Waals surface area contributed by atoms with Gasteiger partial charge in [-0.05, 0) is 93.9 Å². The molecule has 3 heteroatoms. The zero-order valence-corrected chi connectivity index (χ0v) is 30.9. The van der Waals surface area contributed by atoms with Crippen LogP contribution in [-0.2, 0) is 5.41 Å². The van der Waals surface area contributed by atoms with E-state index in [1.54, 1.807) is 0 Å². The van der Waals surface area contributed by atoms with E-state index in [1.165, 1.54) is 86.9 Å². The molecular weight excluding hydrogens is 661 g/mol. The van der Waals surface area contributed by atoms with E-state index in [0.717, 1.165) is 5.69 Å². The van der Waals surface area contributed by atoms with E-state index in [9.17, 15) is 0 Å². The fourth-order valence-electron chi connectivity index (χ4n) is 7.92. The Morgan fingerprint density at radius 1 is 0.396 bits per heavy atom. The van der Waals surface area contributed by atoms with Gasteiger partial charge in [-0.25, -0.2) is 0 Å². The summed E-state index contributed by atoms with van der Waals surface area (Å²) in [4.78, 5) is 0. The third-order valence-electron chi connectivity index (χ3n) is 10.7. The first-order chi connectivity index (χ1) is 25.9. The minimum atomic E-state index is 0.0899. The quantitative estimate of drug-likeness (QED) is 0.169. The van der Waals surface area contributed by atoms with Gasteiger partial charge in [0.2, 0.25) is 0 Å². The molecule has 7 aromatic carbocycles. The summed E-state index contributed by atoms with van der Waals surface area (Å²) in [6.07, 6.45) is 0. The summed E-state index contributed by atoms with van der Waals surface area (Å²) in [5, 5.41) is 5.06. The molecule has 0 spiro atoms. The lowest BCUT2D eigenvalue weighted by Gasteiger charge is -2.20. The lowest BCUT2D eigenvalue weighted by atomic mass is 9.87. The summed E-state index contributed by atoms with van der Waals surface area (Å²) in [5.41, 5.74) is 13.3. The van der Waals surface area contributed by atoms with Gasteiger partial charge >= 0.3 is 0 Å². The first kappa shape index (κ1) is 31.6. The summed E-state index contributed by atoms with van der Waals surface area (Å²) in [6, 6.07) is 64.9. The van der Waals surface area contributed by atoms with Crippen LogP contribution in [0.4, 0.5) is 0 Å². The zero-order valence-electron chi connectivity index (χ0n) is 30.0. The summed E-state index contributed by atoms with van der Waals surface area (Å²) in [6.45, 7) is 6.81. The molecule has 0 saturated carbocycles. The number of thiophene rings is 1. The number of nitrogens with zero attached hydrogens (tertiary/aromatic N) is 2. The molecule has 10 rings (SSSR count). The molecule has 0 amide bonds. The molecule has 3 heterocycles. The molecule has 10 aromatic rings. The average Bonchev–Trinajstić information content (AvgIpc) is 3.89. The molecule has 0 aliphatic heterocycles. The number of benzene rings is 7. The van der Waals surface area contributed by atoms with Crippen LogP contribution in [0.15, 0.2) is 176 Å². The lowest BCUT2D eigenvalue weighted by Crippen LogP contribution is -2.10. The van der Waals surface area contributed by atoms with Crippen molar-refractivity contribution in [3.8, 4) is 45.0 Å². The van der Waals surface area contributed by atoms with Crippen molar-refractivity contribution in [2.75, 3.05) is 0 Å². The van der Waals surface area contributed by atoms with Crippen molar-refractivity contribution in [2.45, 2.75) is 26.2 Å². The second kappa shape index (κ2) is 12.2. The van der Waals surface area contributed by atoms with E-state index >= 15 is 0 Å². The topological polar surface area (TPSA) is 9.86 Å². The van der Waals surface area contributed by atoms with Gasteiger partial charge in [-0.3, -0.25) is 0 Å². The maximum absolute atomic E-state index is 2.45. The molecule has 0 bridgehead atoms. The van der Waals surface area contributed by atoms with Crippen LogP contribution in [0.5, 0.6) is 0 Å². The smallest absolute Gasteiger partial charge is 0.0541 e. The van der Waals surface area contributed by atoms with Crippen molar-refractivity contribution in [1.82, 2.24) is 9.13 Å². The van der Waals surface area contributed by atoms with E-state index in [0.29, 0.717) is 0 Å². The Labute approximate surface area is 313 Å². The van der Waals surface area contributed by atoms with Gasteiger partial charge in [0.1, 0.15) is 0 Å². The summed E-state index contributed by atoms with van der Waals surface area (Å²) < 4.78 is 7.51. The standard InChI is InChI=1S/C50H38N2S/c1-50(2,3)39-22-24-40(25-23-39)51-44(33-12-6-4-7-13-33)30-37-20-18-35(28-46(37)51)36-19-21-38-31-45(34-14-8-5-9-15-34)52(47(38)29-36)41-26-27-49-43(32-41)42-16-10-11-17-48(42)53-49/h4-32H,1-3H3. The van der Waals surface area contributed by atoms with Gasteiger partial charge < -0.3 is 9.13 Å². The second-order valence-electron chi connectivity index (χ2n) is 15.1. The van der Waals surface area contributed by atoms with Gasteiger partial charge in [0.15, 0.2) is 0 Å². The van der Waals surface area contributed by atoms with Crippen LogP contribution in [0.2, 0.25) is 0 Å². The molecular formula is C50H38N2S. The van der Waals surface area contributed by atoms with Gasteiger partial charge in [-0.1, -0.05) is 136 Å². The Hall–Kier alpha value is -6.16. The van der Waals surface area contributed by atoms with Crippen molar-refractivity contribution < 1.29 is 0 Å². The monoisotopic (exact) mass is 698 g/mol. The van der Waals surface area contributed by atoms with Crippen LogP contribution in [-0.4, -0.2) is 9.13 Å². The van der Waals surface area contributed by atoms with Gasteiger partial charge in [0.25, 0.3) is 0 Å². The zero-order chi connectivity index (χ0) is 35.7. The summed E-state index contributed by atoms with van der Waals surface area (Å²) >= 11 is 1.86. The van der Waals surface area contributed by atoms with E-state index in [4.69, 9.17) is 0 Å². The SMILES string of the molecule is CC(C)(C)c1ccc(-n2c(-c3ccccc3)cc3ccc(-c4ccc5cc(-c6ccccc6)n(-c6ccc7sc8ccccc8c7c6)c5c4)cc32)cc1. The van der Waals surface area contributed by atoms with E-state index in [1.807, 2.05) is 11.3 Å². The molecule has 0 saturated heterocycles. The highest BCUT2D eigenvalue weighted by Crippen LogP contribution is 2.40. The summed E-state index contributed by atoms with van der Waals surface area (Å²) in [7, 11) is 0. The molecule has 3 aromatic heterocycles. The molecule has 53 heavy (non-hydrogen) atoms. The number of aromatic nitrogens is 2. The van der Waals surface area contributed by atoms with Gasteiger partial charge in [0, 0.05) is 42.3 Å². The molecule has 0 N–H and O–H groups in total. The van der Waals surface area contributed by atoms with Crippen molar-refractivity contribution >= 4 is 53.3 Å². The minimum absolute atomic E-state index is 0.0899. The molecule has 2 nitrogen and oxygen atoms in total. The second-order valence-corrected chi connectivity index (χ2v) is 16.2. The fourth-order valence-corrected chi connectivity index (χ4v) is 9.01. The van der Waals surface area contributed by atoms with Crippen LogP contribution >= 0.6 is 11.3 Å². The molecule has 0 aliphatic carbocycles. The Balaban J connectivity index is 1.17. The number of hydrogen-bond donors (Lipinski definition) is 0. The van der Waals surface area contributed by atoms with Crippen LogP contribution in [0, 0.1) is 0 Å². The van der Waals surface area contributed by atoms with Gasteiger partial charge in [-0.2, -0.15) is 0 Å². The largest absolute Gasteiger partial charge is 0.309 e. The van der Waals surface area contributed by atoms with Crippen molar-refractivity contribution in [2.24, 2.45) is 0 Å². The Bertz CT molecular complexity index is 2950. The van der Waals surface area contributed by atoms with Crippen molar-refractivity contribution in [3.63, 3.8) is 0 Å². The van der Waals surface area contributed by atoms with Crippen LogP contribution < -0.4 is 0 Å². The maximum atomic E-state index is 2.45. The Kier molecular flexibility index (Phi) is 7.28. The van der Waals surface area contributed by atoms with E-state index < -0.39 is 0 Å². The predicted octanol–water partition coefficient (Wildman–Crippen LogP) is 14.2. The number of hydrogen-bond acceptors (Lipinski definition) is 1. The maximum Gasteiger partial charge on any atom is 0.0541 e. The Morgan fingerprint density at radius 3 is 1.49 bits per heavy atom. The minimum Gasteiger partial charge on any atom is -0.309 e. The van der Waals surface area contributed by atoms with Gasteiger partial charge in [0.05, 0.1) is 22.4 Å². The normalized spacial score (nSPS) is 12.1. The molecule has 0 radical (unpaired) electrons. The highest BCUT2D eigenvalue weighted by atomic mass is 32.1. The van der Waals surface area contributed by atoms with E-state index in [-0.39, 0.29) is 5.41 Å². The highest BCUT2D eigenvalue weighted by molar-refractivity contribution is 7.25. The first-order valence-electron chi connectivity index (χ1n) is 18.3. The highest BCUT2D eigenvalue weighted by Gasteiger charge is 2.19. The molecule has 0 unspecified atom stereocenters. The predicted molar refractivity (Wildman–Crippen MR) is 228 cm³/mol.